The SMILES string of the molecule is CC(C)(CNCC(=O)N1CCCCC1)c1cccs1. The van der Waals surface area contributed by atoms with Gasteiger partial charge in [-0.2, -0.15) is 0 Å². The van der Waals surface area contributed by atoms with Gasteiger partial charge in [0.1, 0.15) is 0 Å². The number of hydrogen-bond acceptors (Lipinski definition) is 3. The van der Waals surface area contributed by atoms with E-state index in [0.717, 1.165) is 32.5 Å². The van der Waals surface area contributed by atoms with Gasteiger partial charge < -0.3 is 10.2 Å². The van der Waals surface area contributed by atoms with Crippen molar-refractivity contribution >= 4 is 17.2 Å². The monoisotopic (exact) mass is 280 g/mol. The Kier molecular flexibility index (Phi) is 4.99. The van der Waals surface area contributed by atoms with Crippen molar-refractivity contribution < 1.29 is 4.79 Å². The molecule has 0 aromatic carbocycles. The molecule has 106 valence electrons. The van der Waals surface area contributed by atoms with E-state index in [-0.39, 0.29) is 11.3 Å². The molecule has 0 aliphatic carbocycles. The molecule has 1 aliphatic rings. The van der Waals surface area contributed by atoms with Crippen LogP contribution in [0.4, 0.5) is 0 Å². The number of carbonyl (C=O) groups excluding carboxylic acids is 1. The van der Waals surface area contributed by atoms with Gasteiger partial charge in [0.25, 0.3) is 0 Å². The first-order valence-corrected chi connectivity index (χ1v) is 8.00. The van der Waals surface area contributed by atoms with Crippen LogP contribution in [-0.2, 0) is 10.2 Å². The molecule has 1 aliphatic heterocycles. The Bertz CT molecular complexity index is 394. The van der Waals surface area contributed by atoms with Crippen LogP contribution in [0, 0.1) is 0 Å². The summed E-state index contributed by atoms with van der Waals surface area (Å²) >= 11 is 1.78. The molecule has 1 amide bonds. The molecule has 4 heteroatoms. The lowest BCUT2D eigenvalue weighted by atomic mass is 9.91. The Morgan fingerprint density at radius 3 is 2.74 bits per heavy atom. The van der Waals surface area contributed by atoms with Crippen molar-refractivity contribution in [3.05, 3.63) is 22.4 Å². The van der Waals surface area contributed by atoms with Crippen LogP contribution in [0.15, 0.2) is 17.5 Å². The standard InChI is InChI=1S/C15H24N2OS/c1-15(2,13-7-6-10-19-13)12-16-11-14(18)17-8-4-3-5-9-17/h6-7,10,16H,3-5,8-9,11-12H2,1-2H3. The fourth-order valence-corrected chi connectivity index (χ4v) is 3.34. The van der Waals surface area contributed by atoms with Crippen LogP contribution in [0.5, 0.6) is 0 Å². The lowest BCUT2D eigenvalue weighted by Gasteiger charge is -2.28. The Balaban J connectivity index is 1.75. The van der Waals surface area contributed by atoms with Crippen LogP contribution in [-0.4, -0.2) is 37.0 Å². The number of amides is 1. The van der Waals surface area contributed by atoms with Gasteiger partial charge in [-0.25, -0.2) is 0 Å². The van der Waals surface area contributed by atoms with Crippen molar-refractivity contribution in [3.8, 4) is 0 Å². The molecule has 19 heavy (non-hydrogen) atoms. The maximum absolute atomic E-state index is 12.0. The minimum absolute atomic E-state index is 0.0936. The normalized spacial score (nSPS) is 16.6. The summed E-state index contributed by atoms with van der Waals surface area (Å²) < 4.78 is 0. The van der Waals surface area contributed by atoms with E-state index in [1.165, 1.54) is 11.3 Å². The number of hydrogen-bond donors (Lipinski definition) is 1. The predicted molar refractivity (Wildman–Crippen MR) is 80.6 cm³/mol. The zero-order chi connectivity index (χ0) is 13.7. The van der Waals surface area contributed by atoms with Crippen molar-refractivity contribution in [1.82, 2.24) is 10.2 Å². The molecule has 2 heterocycles. The van der Waals surface area contributed by atoms with Gasteiger partial charge in [-0.05, 0) is 30.7 Å². The summed E-state index contributed by atoms with van der Waals surface area (Å²) in [5.41, 5.74) is 0.0936. The van der Waals surface area contributed by atoms with E-state index in [0.29, 0.717) is 6.54 Å². The van der Waals surface area contributed by atoms with Crippen LogP contribution >= 0.6 is 11.3 Å². The fraction of sp³-hybridized carbons (Fsp3) is 0.667. The molecular weight excluding hydrogens is 256 g/mol. The number of rotatable bonds is 5. The van der Waals surface area contributed by atoms with Crippen LogP contribution in [0.3, 0.4) is 0 Å². The predicted octanol–water partition coefficient (Wildman–Crippen LogP) is 2.63. The van der Waals surface area contributed by atoms with Crippen LogP contribution in [0.1, 0.15) is 38.0 Å². The number of carbonyl (C=O) groups is 1. The van der Waals surface area contributed by atoms with Crippen molar-refractivity contribution in [2.24, 2.45) is 0 Å². The first kappa shape index (κ1) is 14.5. The van der Waals surface area contributed by atoms with E-state index in [9.17, 15) is 4.79 Å². The van der Waals surface area contributed by atoms with Gasteiger partial charge in [0.15, 0.2) is 0 Å². The van der Waals surface area contributed by atoms with E-state index in [4.69, 9.17) is 0 Å². The highest BCUT2D eigenvalue weighted by molar-refractivity contribution is 7.10. The molecule has 2 rings (SSSR count). The summed E-state index contributed by atoms with van der Waals surface area (Å²) in [5, 5.41) is 5.43. The van der Waals surface area contributed by atoms with Gasteiger partial charge in [-0.15, -0.1) is 11.3 Å². The number of piperidine rings is 1. The van der Waals surface area contributed by atoms with Gasteiger partial charge >= 0.3 is 0 Å². The summed E-state index contributed by atoms with van der Waals surface area (Å²) in [6.45, 7) is 7.62. The summed E-state index contributed by atoms with van der Waals surface area (Å²) in [7, 11) is 0. The molecular formula is C15H24N2OS. The van der Waals surface area contributed by atoms with E-state index in [2.05, 4.69) is 36.7 Å². The quantitative estimate of drug-likeness (QED) is 0.899. The van der Waals surface area contributed by atoms with Crippen molar-refractivity contribution in [3.63, 3.8) is 0 Å². The molecule has 1 aromatic rings. The third-order valence-electron chi connectivity index (χ3n) is 3.74. The Morgan fingerprint density at radius 1 is 1.37 bits per heavy atom. The molecule has 1 saturated heterocycles. The summed E-state index contributed by atoms with van der Waals surface area (Å²) in [5.74, 6) is 0.252. The molecule has 0 atom stereocenters. The van der Waals surface area contributed by atoms with Gasteiger partial charge in [0, 0.05) is 29.9 Å². The first-order valence-electron chi connectivity index (χ1n) is 7.12. The van der Waals surface area contributed by atoms with Gasteiger partial charge in [-0.3, -0.25) is 4.79 Å². The van der Waals surface area contributed by atoms with Crippen LogP contribution in [0.2, 0.25) is 0 Å². The Morgan fingerprint density at radius 2 is 2.11 bits per heavy atom. The number of likely N-dealkylation sites (tertiary alicyclic amines) is 1. The summed E-state index contributed by atoms with van der Waals surface area (Å²) in [4.78, 5) is 15.4. The second-order valence-corrected chi connectivity index (χ2v) is 6.85. The average molecular weight is 280 g/mol. The molecule has 0 spiro atoms. The van der Waals surface area contributed by atoms with Crippen molar-refractivity contribution in [2.45, 2.75) is 38.5 Å². The van der Waals surface area contributed by atoms with Crippen molar-refractivity contribution in [1.29, 1.82) is 0 Å². The second kappa shape index (κ2) is 6.53. The largest absolute Gasteiger partial charge is 0.342 e. The zero-order valence-electron chi connectivity index (χ0n) is 11.9. The number of thiophene rings is 1. The van der Waals surface area contributed by atoms with E-state index < -0.39 is 0 Å². The first-order chi connectivity index (χ1) is 9.09. The summed E-state index contributed by atoms with van der Waals surface area (Å²) in [6, 6.07) is 4.25. The molecule has 0 saturated carbocycles. The highest BCUT2D eigenvalue weighted by Gasteiger charge is 2.22. The van der Waals surface area contributed by atoms with Gasteiger partial charge in [0.2, 0.25) is 5.91 Å². The van der Waals surface area contributed by atoms with Crippen molar-refractivity contribution in [2.75, 3.05) is 26.2 Å². The van der Waals surface area contributed by atoms with Crippen LogP contribution < -0.4 is 5.32 Å². The second-order valence-electron chi connectivity index (χ2n) is 5.91. The number of nitrogens with zero attached hydrogens (tertiary/aromatic N) is 1. The van der Waals surface area contributed by atoms with E-state index >= 15 is 0 Å². The lowest BCUT2D eigenvalue weighted by Crippen LogP contribution is -2.43. The minimum atomic E-state index is 0.0936. The summed E-state index contributed by atoms with van der Waals surface area (Å²) in [6.07, 6.45) is 3.58. The Labute approximate surface area is 120 Å². The van der Waals surface area contributed by atoms with Gasteiger partial charge in [-0.1, -0.05) is 19.9 Å². The highest BCUT2D eigenvalue weighted by Crippen LogP contribution is 2.26. The number of nitrogens with one attached hydrogen (secondary N) is 1. The molecule has 3 nitrogen and oxygen atoms in total. The topological polar surface area (TPSA) is 32.3 Å². The maximum atomic E-state index is 12.0. The molecule has 0 radical (unpaired) electrons. The van der Waals surface area contributed by atoms with Crippen LogP contribution in [0.25, 0.3) is 0 Å². The zero-order valence-corrected chi connectivity index (χ0v) is 12.8. The maximum Gasteiger partial charge on any atom is 0.236 e. The third kappa shape index (κ3) is 4.05. The molecule has 1 aromatic heterocycles. The molecule has 0 bridgehead atoms. The van der Waals surface area contributed by atoms with E-state index in [1.54, 1.807) is 11.3 Å². The molecule has 1 N–H and O–H groups in total. The molecule has 0 unspecified atom stereocenters. The fourth-order valence-electron chi connectivity index (χ4n) is 2.49. The minimum Gasteiger partial charge on any atom is -0.342 e. The van der Waals surface area contributed by atoms with E-state index in [1.807, 2.05) is 4.90 Å². The Hall–Kier alpha value is -0.870. The average Bonchev–Trinajstić information content (AvgIpc) is 2.94. The third-order valence-corrected chi connectivity index (χ3v) is 4.98. The molecule has 1 fully saturated rings. The highest BCUT2D eigenvalue weighted by atomic mass is 32.1. The van der Waals surface area contributed by atoms with Gasteiger partial charge in [0.05, 0.1) is 6.54 Å². The lowest BCUT2D eigenvalue weighted by molar-refractivity contribution is -0.131. The smallest absolute Gasteiger partial charge is 0.236 e.